The smallest absolute Gasteiger partial charge is 0.223 e. The quantitative estimate of drug-likeness (QED) is 0.774. The van der Waals surface area contributed by atoms with Gasteiger partial charge in [0.2, 0.25) is 5.82 Å². The van der Waals surface area contributed by atoms with Gasteiger partial charge in [-0.05, 0) is 48.2 Å². The second-order valence-electron chi connectivity index (χ2n) is 5.42. The molecule has 1 aliphatic rings. The van der Waals surface area contributed by atoms with Crippen LogP contribution in [0, 0.1) is 5.92 Å². The van der Waals surface area contributed by atoms with E-state index in [1.165, 1.54) is 19.2 Å². The minimum Gasteiger partial charge on any atom is -0.492 e. The Labute approximate surface area is 137 Å². The number of aromatic nitrogens is 6. The van der Waals surface area contributed by atoms with E-state index >= 15 is 0 Å². The molecule has 1 N–H and O–H groups in total. The highest BCUT2D eigenvalue weighted by Gasteiger charge is 2.22. The molecule has 1 saturated carbocycles. The van der Waals surface area contributed by atoms with Gasteiger partial charge in [-0.1, -0.05) is 11.6 Å². The lowest BCUT2D eigenvalue weighted by atomic mass is 10.1. The Kier molecular flexibility index (Phi) is 3.63. The van der Waals surface area contributed by atoms with E-state index in [1.807, 2.05) is 18.2 Å². The van der Waals surface area contributed by atoms with Crippen molar-refractivity contribution in [1.82, 2.24) is 30.6 Å². The molecule has 4 rings (SSSR count). The molecule has 0 bridgehead atoms. The SMILES string of the molecule is Clc1cc(-c2cc(-c3nn[nH]n3)ncn2)ccc1OCC1CC1. The molecule has 0 atom stereocenters. The van der Waals surface area contributed by atoms with Crippen LogP contribution >= 0.6 is 11.6 Å². The van der Waals surface area contributed by atoms with Crippen LogP contribution in [0.25, 0.3) is 22.8 Å². The number of hydrogen-bond donors (Lipinski definition) is 1. The molecule has 0 unspecified atom stereocenters. The molecule has 8 heteroatoms. The molecular weight excluding hydrogens is 316 g/mol. The Morgan fingerprint density at radius 3 is 2.78 bits per heavy atom. The maximum Gasteiger partial charge on any atom is 0.223 e. The first-order valence-corrected chi connectivity index (χ1v) is 7.66. The Hall–Kier alpha value is -2.54. The third kappa shape index (κ3) is 3.14. The van der Waals surface area contributed by atoms with E-state index < -0.39 is 0 Å². The highest BCUT2D eigenvalue weighted by atomic mass is 35.5. The van der Waals surface area contributed by atoms with Crippen molar-refractivity contribution in [3.05, 3.63) is 35.6 Å². The average Bonchev–Trinajstić information content (AvgIpc) is 3.24. The summed E-state index contributed by atoms with van der Waals surface area (Å²) in [5, 5.41) is 14.3. The first-order chi connectivity index (χ1) is 11.3. The Bertz CT molecular complexity index is 819. The van der Waals surface area contributed by atoms with Gasteiger partial charge in [-0.25, -0.2) is 9.97 Å². The lowest BCUT2D eigenvalue weighted by Gasteiger charge is -2.09. The summed E-state index contributed by atoms with van der Waals surface area (Å²) in [4.78, 5) is 8.43. The van der Waals surface area contributed by atoms with Crippen LogP contribution in [0.5, 0.6) is 5.75 Å². The van der Waals surface area contributed by atoms with Gasteiger partial charge < -0.3 is 4.74 Å². The zero-order valence-electron chi connectivity index (χ0n) is 12.1. The molecule has 7 nitrogen and oxygen atoms in total. The second kappa shape index (κ2) is 5.92. The van der Waals surface area contributed by atoms with Crippen molar-refractivity contribution in [2.45, 2.75) is 12.8 Å². The molecule has 1 aliphatic carbocycles. The molecular formula is C15H13ClN6O. The summed E-state index contributed by atoms with van der Waals surface area (Å²) in [6.45, 7) is 0.731. The number of benzene rings is 1. The van der Waals surface area contributed by atoms with Crippen LogP contribution in [-0.2, 0) is 0 Å². The molecule has 0 spiro atoms. The fourth-order valence-corrected chi connectivity index (χ4v) is 2.41. The van der Waals surface area contributed by atoms with E-state index in [0.29, 0.717) is 28.2 Å². The van der Waals surface area contributed by atoms with Crippen LogP contribution in [0.1, 0.15) is 12.8 Å². The van der Waals surface area contributed by atoms with Crippen LogP contribution < -0.4 is 4.74 Å². The number of ether oxygens (including phenoxy) is 1. The van der Waals surface area contributed by atoms with Crippen LogP contribution in [0.3, 0.4) is 0 Å². The summed E-state index contributed by atoms with van der Waals surface area (Å²) >= 11 is 6.31. The summed E-state index contributed by atoms with van der Waals surface area (Å²) in [5.74, 6) is 1.81. The number of halogens is 1. The fraction of sp³-hybridized carbons (Fsp3) is 0.267. The number of H-pyrrole nitrogens is 1. The first-order valence-electron chi connectivity index (χ1n) is 7.28. The molecule has 1 fully saturated rings. The van der Waals surface area contributed by atoms with Crippen LogP contribution in [-0.4, -0.2) is 37.2 Å². The van der Waals surface area contributed by atoms with Crippen molar-refractivity contribution >= 4 is 11.6 Å². The number of aromatic amines is 1. The van der Waals surface area contributed by atoms with Crippen LogP contribution in [0.2, 0.25) is 5.02 Å². The summed E-state index contributed by atoms with van der Waals surface area (Å²) < 4.78 is 5.74. The zero-order chi connectivity index (χ0) is 15.6. The van der Waals surface area contributed by atoms with E-state index in [4.69, 9.17) is 16.3 Å². The maximum absolute atomic E-state index is 6.31. The van der Waals surface area contributed by atoms with Crippen LogP contribution in [0.4, 0.5) is 0 Å². The zero-order valence-corrected chi connectivity index (χ0v) is 12.9. The number of nitrogens with zero attached hydrogens (tertiary/aromatic N) is 5. The van der Waals surface area contributed by atoms with Gasteiger partial charge in [0.15, 0.2) is 0 Å². The molecule has 2 heterocycles. The minimum atomic E-state index is 0.420. The van der Waals surface area contributed by atoms with Crippen molar-refractivity contribution in [3.63, 3.8) is 0 Å². The molecule has 0 radical (unpaired) electrons. The fourth-order valence-electron chi connectivity index (χ4n) is 2.18. The third-order valence-corrected chi connectivity index (χ3v) is 3.94. The van der Waals surface area contributed by atoms with Gasteiger partial charge in [-0.2, -0.15) is 5.21 Å². The highest BCUT2D eigenvalue weighted by Crippen LogP contribution is 2.33. The van der Waals surface area contributed by atoms with Crippen molar-refractivity contribution in [3.8, 4) is 28.5 Å². The predicted octanol–water partition coefficient (Wildman–Crippen LogP) is 2.77. The Balaban J connectivity index is 1.59. The molecule has 2 aromatic heterocycles. The number of nitrogens with one attached hydrogen (secondary N) is 1. The number of rotatable bonds is 5. The van der Waals surface area contributed by atoms with E-state index in [-0.39, 0.29) is 0 Å². The highest BCUT2D eigenvalue weighted by molar-refractivity contribution is 6.32. The first kappa shape index (κ1) is 14.1. The molecule has 1 aromatic carbocycles. The van der Waals surface area contributed by atoms with Crippen molar-refractivity contribution in [1.29, 1.82) is 0 Å². The summed E-state index contributed by atoms with van der Waals surface area (Å²) in [5.41, 5.74) is 2.20. The van der Waals surface area contributed by atoms with Gasteiger partial charge in [0.25, 0.3) is 0 Å². The van der Waals surface area contributed by atoms with E-state index in [2.05, 4.69) is 30.6 Å². The predicted molar refractivity (Wildman–Crippen MR) is 83.9 cm³/mol. The Morgan fingerprint density at radius 1 is 1.17 bits per heavy atom. The maximum atomic E-state index is 6.31. The van der Waals surface area contributed by atoms with Gasteiger partial charge in [0.05, 0.1) is 17.3 Å². The van der Waals surface area contributed by atoms with Gasteiger partial charge in [0.1, 0.15) is 17.8 Å². The summed E-state index contributed by atoms with van der Waals surface area (Å²) in [7, 11) is 0. The van der Waals surface area contributed by atoms with E-state index in [9.17, 15) is 0 Å². The second-order valence-corrected chi connectivity index (χ2v) is 5.83. The lowest BCUT2D eigenvalue weighted by molar-refractivity contribution is 0.300. The van der Waals surface area contributed by atoms with Crippen molar-refractivity contribution in [2.75, 3.05) is 6.61 Å². The van der Waals surface area contributed by atoms with Gasteiger partial charge in [0, 0.05) is 5.56 Å². The molecule has 0 amide bonds. The van der Waals surface area contributed by atoms with Gasteiger partial charge >= 0.3 is 0 Å². The molecule has 23 heavy (non-hydrogen) atoms. The lowest BCUT2D eigenvalue weighted by Crippen LogP contribution is -1.99. The third-order valence-electron chi connectivity index (χ3n) is 3.64. The standard InChI is InChI=1S/C15H13ClN6O/c16-11-5-10(3-4-14(11)23-7-9-1-2-9)12-6-13(18-8-17-12)15-19-21-22-20-15/h3-6,8-9H,1-2,7H2,(H,19,20,21,22). The van der Waals surface area contributed by atoms with Gasteiger partial charge in [-0.15, -0.1) is 10.2 Å². The Morgan fingerprint density at radius 2 is 2.04 bits per heavy atom. The van der Waals surface area contributed by atoms with Crippen LogP contribution in [0.15, 0.2) is 30.6 Å². The minimum absolute atomic E-state index is 0.420. The monoisotopic (exact) mass is 328 g/mol. The number of tetrazole rings is 1. The van der Waals surface area contributed by atoms with E-state index in [0.717, 1.165) is 17.9 Å². The number of hydrogen-bond acceptors (Lipinski definition) is 6. The van der Waals surface area contributed by atoms with E-state index in [1.54, 1.807) is 6.07 Å². The normalized spacial score (nSPS) is 14.0. The largest absolute Gasteiger partial charge is 0.492 e. The van der Waals surface area contributed by atoms with Gasteiger partial charge in [-0.3, -0.25) is 0 Å². The molecule has 3 aromatic rings. The molecule has 116 valence electrons. The summed E-state index contributed by atoms with van der Waals surface area (Å²) in [6.07, 6.45) is 3.96. The molecule has 0 aliphatic heterocycles. The topological polar surface area (TPSA) is 89.5 Å². The van der Waals surface area contributed by atoms with Crippen molar-refractivity contribution in [2.24, 2.45) is 5.92 Å². The summed E-state index contributed by atoms with van der Waals surface area (Å²) in [6, 6.07) is 7.43. The average molecular weight is 329 g/mol. The molecule has 0 saturated heterocycles. The van der Waals surface area contributed by atoms with Crippen molar-refractivity contribution < 1.29 is 4.74 Å².